The van der Waals surface area contributed by atoms with E-state index in [-0.39, 0.29) is 57.1 Å². The van der Waals surface area contributed by atoms with Crippen molar-refractivity contribution in [2.75, 3.05) is 0 Å². The van der Waals surface area contributed by atoms with Gasteiger partial charge in [0, 0.05) is 10.9 Å². The molecule has 0 radical (unpaired) electrons. The smallest absolute Gasteiger partial charge is 0.135 e. The van der Waals surface area contributed by atoms with Gasteiger partial charge in [0.15, 0.2) is 0 Å². The molecule has 1 nitrogen and oxygen atoms in total. The van der Waals surface area contributed by atoms with Crippen molar-refractivity contribution >= 4 is 21.5 Å². The van der Waals surface area contributed by atoms with Crippen molar-refractivity contribution in [1.29, 1.82) is 0 Å². The first-order valence-corrected chi connectivity index (χ1v) is 12.6. The van der Waals surface area contributed by atoms with Crippen LogP contribution in [0.5, 0.6) is 11.5 Å². The Bertz CT molecular complexity index is 2500. The average Bonchev–Trinajstić information content (AvgIpc) is 3.11. The van der Waals surface area contributed by atoms with Gasteiger partial charge in [-0.1, -0.05) is 127 Å². The van der Waals surface area contributed by atoms with Gasteiger partial charge in [0.25, 0.3) is 0 Å². The second-order valence-corrected chi connectivity index (χ2v) is 9.41. The Morgan fingerprint density at radius 1 is 0.410 bits per heavy atom. The maximum atomic E-state index is 9.32. The van der Waals surface area contributed by atoms with Crippen molar-refractivity contribution in [3.63, 3.8) is 0 Å². The molecule has 0 saturated heterocycles. The summed E-state index contributed by atoms with van der Waals surface area (Å²) in [7, 11) is 0. The molecule has 1 heteroatoms. The monoisotopic (exact) mass is 505 g/mol. The van der Waals surface area contributed by atoms with E-state index in [1.54, 1.807) is 12.1 Å². The standard InChI is InChI=1S/C38H24O/c1-2-8-26(9-3-1)31-14-4-10-28-11-5-15-32(37(28)31)27-20-18-25(19-21-27)30-22-23-35-34(24-30)33-16-6-12-29-13-7-17-36(39-35)38(29)33/h1-24H/i6D,7D,12D,13D,16D,17D,22D,23D,24D. The van der Waals surface area contributed by atoms with E-state index in [4.69, 9.17) is 15.7 Å². The fourth-order valence-electron chi connectivity index (χ4n) is 5.35. The first-order valence-electron chi connectivity index (χ1n) is 17.1. The molecule has 0 spiro atoms. The Morgan fingerprint density at radius 2 is 1.10 bits per heavy atom. The second-order valence-electron chi connectivity index (χ2n) is 9.41. The molecule has 0 aliphatic carbocycles. The third-order valence-electron chi connectivity index (χ3n) is 7.17. The van der Waals surface area contributed by atoms with Crippen LogP contribution in [0.15, 0.2) is 145 Å². The molecule has 0 fully saturated rings. The highest BCUT2D eigenvalue weighted by Gasteiger charge is 2.20. The van der Waals surface area contributed by atoms with Gasteiger partial charge in [-0.2, -0.15) is 0 Å². The Morgan fingerprint density at radius 3 is 1.87 bits per heavy atom. The molecule has 8 rings (SSSR count). The topological polar surface area (TPSA) is 9.23 Å². The van der Waals surface area contributed by atoms with Crippen LogP contribution in [0.2, 0.25) is 0 Å². The summed E-state index contributed by atoms with van der Waals surface area (Å²) in [5.41, 5.74) is 4.73. The average molecular weight is 506 g/mol. The first kappa shape index (κ1) is 14.7. The normalized spacial score (nSPS) is 15.0. The summed E-state index contributed by atoms with van der Waals surface area (Å²) in [6, 6.07) is 26.3. The molecule has 0 N–H and O–H groups in total. The maximum Gasteiger partial charge on any atom is 0.135 e. The van der Waals surface area contributed by atoms with Crippen LogP contribution in [0.25, 0.3) is 66.1 Å². The SMILES string of the molecule is [2H]c1c([2H])c(-c2ccc(-c3cccc4cccc(-c5ccccc5)c34)cc2)c([2H])c2c1Oc1c([2H])c([2H])c([2H])c3c([2H])c([2H])c([2H])c-2c13. The fraction of sp³-hybridized carbons (Fsp3) is 0. The molecule has 7 aromatic carbocycles. The van der Waals surface area contributed by atoms with Crippen LogP contribution in [-0.4, -0.2) is 0 Å². The van der Waals surface area contributed by atoms with Gasteiger partial charge in [0.2, 0.25) is 0 Å². The zero-order chi connectivity index (χ0) is 33.6. The van der Waals surface area contributed by atoms with Crippen LogP contribution < -0.4 is 4.74 Å². The minimum Gasteiger partial charge on any atom is -0.456 e. The van der Waals surface area contributed by atoms with Crippen molar-refractivity contribution in [3.8, 4) is 56.0 Å². The Hall–Kier alpha value is -5.14. The third kappa shape index (κ3) is 3.55. The minimum absolute atomic E-state index is 0.00943. The number of rotatable bonds is 3. The Labute approximate surface area is 240 Å². The van der Waals surface area contributed by atoms with E-state index in [0.29, 0.717) is 5.56 Å². The van der Waals surface area contributed by atoms with Crippen LogP contribution in [0, 0.1) is 0 Å². The van der Waals surface area contributed by atoms with E-state index in [1.807, 2.05) is 42.5 Å². The van der Waals surface area contributed by atoms with Crippen LogP contribution in [0.3, 0.4) is 0 Å². The molecular formula is C38H24O. The van der Waals surface area contributed by atoms with E-state index >= 15 is 0 Å². The van der Waals surface area contributed by atoms with Crippen LogP contribution in [0.1, 0.15) is 12.3 Å². The number of fused-ring (bicyclic) bond motifs is 3. The molecule has 0 bridgehead atoms. The zero-order valence-electron chi connectivity index (χ0n) is 29.6. The van der Waals surface area contributed by atoms with Gasteiger partial charge in [-0.05, 0) is 73.2 Å². The fourth-order valence-corrected chi connectivity index (χ4v) is 5.35. The lowest BCUT2D eigenvalue weighted by molar-refractivity contribution is 0.487. The highest BCUT2D eigenvalue weighted by molar-refractivity contribution is 6.07. The van der Waals surface area contributed by atoms with Crippen LogP contribution in [0.4, 0.5) is 0 Å². The molecule has 39 heavy (non-hydrogen) atoms. The first-order chi connectivity index (χ1) is 23.1. The number of ether oxygens (including phenoxy) is 1. The number of hydrogen-bond acceptors (Lipinski definition) is 1. The third-order valence-corrected chi connectivity index (χ3v) is 7.17. The van der Waals surface area contributed by atoms with Gasteiger partial charge in [-0.15, -0.1) is 0 Å². The quantitative estimate of drug-likeness (QED) is 0.232. The summed E-state index contributed by atoms with van der Waals surface area (Å²) < 4.78 is 84.2. The Balaban J connectivity index is 1.34. The van der Waals surface area contributed by atoms with Crippen molar-refractivity contribution in [2.45, 2.75) is 0 Å². The molecule has 0 atom stereocenters. The summed E-state index contributed by atoms with van der Waals surface area (Å²) in [5.74, 6) is -0.440. The molecule has 0 saturated carbocycles. The minimum atomic E-state index is -0.514. The molecule has 1 aliphatic rings. The van der Waals surface area contributed by atoms with Gasteiger partial charge >= 0.3 is 0 Å². The summed E-state index contributed by atoms with van der Waals surface area (Å²) in [6.07, 6.45) is 0. The Kier molecular flexibility index (Phi) is 3.29. The molecule has 1 heterocycles. The molecule has 182 valence electrons. The van der Waals surface area contributed by atoms with E-state index in [9.17, 15) is 1.37 Å². The molecular weight excluding hydrogens is 472 g/mol. The van der Waals surface area contributed by atoms with E-state index in [2.05, 4.69) is 36.4 Å². The highest BCUT2D eigenvalue weighted by Crippen LogP contribution is 2.47. The lowest BCUT2D eigenvalue weighted by Gasteiger charge is -2.22. The number of benzene rings is 7. The summed E-state index contributed by atoms with van der Waals surface area (Å²) >= 11 is 0. The maximum absolute atomic E-state index is 9.32. The zero-order valence-corrected chi connectivity index (χ0v) is 20.6. The predicted molar refractivity (Wildman–Crippen MR) is 163 cm³/mol. The number of hydrogen-bond donors (Lipinski definition) is 0. The molecule has 1 aliphatic heterocycles. The molecule has 7 aromatic rings. The van der Waals surface area contributed by atoms with Crippen molar-refractivity contribution < 1.29 is 17.1 Å². The summed E-state index contributed by atoms with van der Waals surface area (Å²) in [4.78, 5) is 0. The van der Waals surface area contributed by atoms with Gasteiger partial charge in [0.1, 0.15) is 11.5 Å². The van der Waals surface area contributed by atoms with Crippen molar-refractivity contribution in [3.05, 3.63) is 145 Å². The van der Waals surface area contributed by atoms with Gasteiger partial charge in [-0.25, -0.2) is 0 Å². The van der Waals surface area contributed by atoms with Gasteiger partial charge in [-0.3, -0.25) is 0 Å². The molecule has 0 unspecified atom stereocenters. The van der Waals surface area contributed by atoms with Gasteiger partial charge < -0.3 is 4.74 Å². The molecule has 0 aromatic heterocycles. The van der Waals surface area contributed by atoms with Crippen LogP contribution in [-0.2, 0) is 0 Å². The summed E-state index contributed by atoms with van der Waals surface area (Å²) in [5, 5.41) is 2.08. The largest absolute Gasteiger partial charge is 0.456 e. The van der Waals surface area contributed by atoms with Crippen molar-refractivity contribution in [2.24, 2.45) is 0 Å². The van der Waals surface area contributed by atoms with Crippen LogP contribution >= 0.6 is 0 Å². The molecule has 0 amide bonds. The van der Waals surface area contributed by atoms with Crippen molar-refractivity contribution in [1.82, 2.24) is 0 Å². The predicted octanol–water partition coefficient (Wildman–Crippen LogP) is 10.8. The highest BCUT2D eigenvalue weighted by atomic mass is 16.5. The summed E-state index contributed by atoms with van der Waals surface area (Å²) in [6.45, 7) is 0. The van der Waals surface area contributed by atoms with E-state index in [0.717, 1.165) is 33.0 Å². The lowest BCUT2D eigenvalue weighted by Crippen LogP contribution is -1.97. The van der Waals surface area contributed by atoms with E-state index < -0.39 is 36.3 Å². The lowest BCUT2D eigenvalue weighted by atomic mass is 9.90. The van der Waals surface area contributed by atoms with Gasteiger partial charge in [0.05, 0.1) is 12.3 Å². The second kappa shape index (κ2) is 8.72. The van der Waals surface area contributed by atoms with E-state index in [1.165, 1.54) is 0 Å².